The van der Waals surface area contributed by atoms with Gasteiger partial charge in [0.05, 0.1) is 0 Å². The van der Waals surface area contributed by atoms with E-state index in [1.165, 1.54) is 86.1 Å². The molecule has 0 nitrogen and oxygen atoms in total. The molecule has 0 heteroatoms. The molecule has 0 aliphatic heterocycles. The van der Waals surface area contributed by atoms with E-state index in [1.807, 2.05) is 0 Å². The van der Waals surface area contributed by atoms with E-state index < -0.39 is 0 Å². The van der Waals surface area contributed by atoms with Crippen LogP contribution in [0.4, 0.5) is 0 Å². The van der Waals surface area contributed by atoms with Gasteiger partial charge < -0.3 is 0 Å². The summed E-state index contributed by atoms with van der Waals surface area (Å²) >= 11 is 0. The van der Waals surface area contributed by atoms with E-state index in [1.54, 1.807) is 11.1 Å². The van der Waals surface area contributed by atoms with Crippen LogP contribution in [0.1, 0.15) is 92.2 Å². The summed E-state index contributed by atoms with van der Waals surface area (Å²) in [4.78, 5) is 0. The van der Waals surface area contributed by atoms with Crippen molar-refractivity contribution < 1.29 is 0 Å². The van der Waals surface area contributed by atoms with E-state index in [4.69, 9.17) is 6.58 Å². The van der Waals surface area contributed by atoms with Crippen LogP contribution in [0.25, 0.3) is 11.1 Å². The van der Waals surface area contributed by atoms with Crippen LogP contribution in [0.15, 0.2) is 119 Å². The molecular formula is C41H44. The Balaban J connectivity index is 1.30. The minimum absolute atomic E-state index is 0.303. The van der Waals surface area contributed by atoms with E-state index in [0.717, 1.165) is 31.3 Å². The van der Waals surface area contributed by atoms with Crippen LogP contribution >= 0.6 is 0 Å². The molecule has 0 saturated heterocycles. The highest BCUT2D eigenvalue weighted by molar-refractivity contribution is 5.77. The molecule has 2 aromatic carbocycles. The summed E-state index contributed by atoms with van der Waals surface area (Å²) in [5.74, 6) is 0.621. The Morgan fingerprint density at radius 2 is 1.76 bits per heavy atom. The van der Waals surface area contributed by atoms with Crippen LogP contribution in [-0.2, 0) is 12.8 Å². The third kappa shape index (κ3) is 5.03. The zero-order valence-corrected chi connectivity index (χ0v) is 25.5. The number of hydrogen-bond acceptors (Lipinski definition) is 0. The van der Waals surface area contributed by atoms with E-state index in [9.17, 15) is 0 Å². The van der Waals surface area contributed by atoms with Crippen LogP contribution in [0.3, 0.4) is 0 Å². The quantitative estimate of drug-likeness (QED) is 0.330. The Bertz CT molecular complexity index is 1640. The predicted octanol–water partition coefficient (Wildman–Crippen LogP) is 11.1. The number of hydrogen-bond donors (Lipinski definition) is 0. The van der Waals surface area contributed by atoms with Crippen LogP contribution in [0.2, 0.25) is 0 Å². The molecule has 0 heterocycles. The van der Waals surface area contributed by atoms with Crippen molar-refractivity contribution in [1.82, 2.24) is 0 Å². The second-order valence-corrected chi connectivity index (χ2v) is 12.8. The summed E-state index contributed by atoms with van der Waals surface area (Å²) in [5.41, 5.74) is 20.6. The Morgan fingerprint density at radius 3 is 2.54 bits per heavy atom. The van der Waals surface area contributed by atoms with Crippen LogP contribution in [0.5, 0.6) is 0 Å². The van der Waals surface area contributed by atoms with Crippen molar-refractivity contribution in [2.24, 2.45) is 5.92 Å². The summed E-state index contributed by atoms with van der Waals surface area (Å²) in [6.07, 6.45) is 17.4. The Kier molecular flexibility index (Phi) is 7.37. The molecule has 2 atom stereocenters. The maximum atomic E-state index is 4.78. The van der Waals surface area contributed by atoms with Gasteiger partial charge in [0.1, 0.15) is 0 Å². The maximum absolute atomic E-state index is 4.78. The van der Waals surface area contributed by atoms with Crippen molar-refractivity contribution in [2.45, 2.75) is 78.6 Å². The molecule has 1 saturated carbocycles. The van der Waals surface area contributed by atoms with Gasteiger partial charge in [-0.1, -0.05) is 104 Å². The molecule has 2 unspecified atom stereocenters. The fourth-order valence-electron chi connectivity index (χ4n) is 7.76. The normalized spacial score (nSPS) is 22.5. The molecule has 208 valence electrons. The fraction of sp³-hybridized carbons (Fsp3) is 0.317. The van der Waals surface area contributed by atoms with Crippen molar-refractivity contribution in [1.29, 1.82) is 0 Å². The molecule has 6 rings (SSSR count). The summed E-state index contributed by atoms with van der Waals surface area (Å²) in [6, 6.07) is 14.1. The standard InChI is InChI=1S/C41H44/c1-8-10-27(5)39-28(6)19-37-23-36(29(7)40(37)41(39)35-18-17-31-11-9-12-32(31)22-35)21-30-14-16-33(20-30)34-15-13-26(4)38(24-34)25(2)3/h13-19,21-22,24,40-41H,2,5,7-12,20,23H2,1,3-4,6H3. The van der Waals surface area contributed by atoms with Gasteiger partial charge in [-0.15, -0.1) is 0 Å². The lowest BCUT2D eigenvalue weighted by atomic mass is 9.69. The number of allylic oxidation sites excluding steroid dienone is 13. The second kappa shape index (κ2) is 11.0. The Hall–Kier alpha value is -3.64. The minimum atomic E-state index is 0.303. The van der Waals surface area contributed by atoms with Crippen LogP contribution in [-0.4, -0.2) is 0 Å². The van der Waals surface area contributed by atoms with Crippen LogP contribution in [0, 0.1) is 12.8 Å². The molecular weight excluding hydrogens is 492 g/mol. The van der Waals surface area contributed by atoms with Crippen molar-refractivity contribution >= 4 is 11.1 Å². The maximum Gasteiger partial charge on any atom is 0.0201 e. The Morgan fingerprint density at radius 1 is 0.951 bits per heavy atom. The molecule has 4 aliphatic carbocycles. The molecule has 2 aromatic rings. The second-order valence-electron chi connectivity index (χ2n) is 12.8. The third-order valence-electron chi connectivity index (χ3n) is 9.79. The first-order valence-corrected chi connectivity index (χ1v) is 15.5. The van der Waals surface area contributed by atoms with Crippen molar-refractivity contribution in [3.8, 4) is 0 Å². The average Bonchev–Trinajstić information content (AvgIpc) is 3.67. The van der Waals surface area contributed by atoms with Crippen molar-refractivity contribution in [3.63, 3.8) is 0 Å². The highest BCUT2D eigenvalue weighted by Gasteiger charge is 2.41. The lowest BCUT2D eigenvalue weighted by Crippen LogP contribution is -2.21. The molecule has 0 spiro atoms. The van der Waals surface area contributed by atoms with Crippen LogP contribution < -0.4 is 0 Å². The average molecular weight is 537 g/mol. The van der Waals surface area contributed by atoms with E-state index in [0.29, 0.717) is 11.8 Å². The van der Waals surface area contributed by atoms with E-state index >= 15 is 0 Å². The first kappa shape index (κ1) is 27.5. The van der Waals surface area contributed by atoms with Crippen molar-refractivity contribution in [2.75, 3.05) is 0 Å². The molecule has 1 fully saturated rings. The van der Waals surface area contributed by atoms with Gasteiger partial charge in [-0.05, 0) is 132 Å². The van der Waals surface area contributed by atoms with E-state index in [-0.39, 0.29) is 0 Å². The SMILES string of the molecule is C=C(CCC)C1=C(C)C=C2CC(=CC3=CC=C(c4ccc(C)c(C(=C)C)c4)C3)C(=C)C2C1c1ccc2c(c1)CCC2. The predicted molar refractivity (Wildman–Crippen MR) is 178 cm³/mol. The molecule has 0 radical (unpaired) electrons. The number of fused-ring (bicyclic) bond motifs is 2. The highest BCUT2D eigenvalue weighted by atomic mass is 14.4. The monoisotopic (exact) mass is 536 g/mol. The zero-order chi connectivity index (χ0) is 28.8. The van der Waals surface area contributed by atoms with Gasteiger partial charge >= 0.3 is 0 Å². The first-order valence-electron chi connectivity index (χ1n) is 15.5. The van der Waals surface area contributed by atoms with Gasteiger partial charge in [0.25, 0.3) is 0 Å². The molecule has 0 aromatic heterocycles. The molecule has 0 bridgehead atoms. The smallest absolute Gasteiger partial charge is 0.0201 e. The fourth-order valence-corrected chi connectivity index (χ4v) is 7.76. The lowest BCUT2D eigenvalue weighted by Gasteiger charge is -2.35. The number of rotatable bonds is 7. The first-order chi connectivity index (χ1) is 19.7. The van der Waals surface area contributed by atoms with Gasteiger partial charge in [0.15, 0.2) is 0 Å². The van der Waals surface area contributed by atoms with Gasteiger partial charge in [-0.2, -0.15) is 0 Å². The molecule has 0 amide bonds. The summed E-state index contributed by atoms with van der Waals surface area (Å²) < 4.78 is 0. The number of benzene rings is 2. The molecule has 0 N–H and O–H groups in total. The van der Waals surface area contributed by atoms with Gasteiger partial charge in [-0.3, -0.25) is 0 Å². The lowest BCUT2D eigenvalue weighted by molar-refractivity contribution is 0.618. The van der Waals surface area contributed by atoms with E-state index in [2.05, 4.69) is 102 Å². The molecule has 41 heavy (non-hydrogen) atoms. The van der Waals surface area contributed by atoms with Crippen molar-refractivity contribution in [3.05, 3.63) is 153 Å². The zero-order valence-electron chi connectivity index (χ0n) is 25.5. The van der Waals surface area contributed by atoms with Gasteiger partial charge in [-0.25, -0.2) is 0 Å². The summed E-state index contributed by atoms with van der Waals surface area (Å²) in [7, 11) is 0. The number of aryl methyl sites for hydroxylation is 3. The minimum Gasteiger partial charge on any atom is -0.0955 e. The third-order valence-corrected chi connectivity index (χ3v) is 9.79. The molecule has 4 aliphatic rings. The van der Waals surface area contributed by atoms with Gasteiger partial charge in [0.2, 0.25) is 0 Å². The summed E-state index contributed by atoms with van der Waals surface area (Å²) in [5, 5.41) is 0. The highest BCUT2D eigenvalue weighted by Crippen LogP contribution is 2.55. The summed E-state index contributed by atoms with van der Waals surface area (Å²) in [6.45, 7) is 22.4. The van der Waals surface area contributed by atoms with Gasteiger partial charge in [0, 0.05) is 11.8 Å². The topological polar surface area (TPSA) is 0 Å². The Labute approximate surface area is 248 Å². The largest absolute Gasteiger partial charge is 0.0955 e.